The van der Waals surface area contributed by atoms with Crippen LogP contribution in [-0.2, 0) is 27.9 Å². The van der Waals surface area contributed by atoms with Gasteiger partial charge in [-0.15, -0.1) is 0 Å². The number of esters is 1. The van der Waals surface area contributed by atoms with Crippen molar-refractivity contribution in [1.29, 1.82) is 0 Å². The van der Waals surface area contributed by atoms with Gasteiger partial charge in [0.05, 0.1) is 13.2 Å². The first-order valence-corrected chi connectivity index (χ1v) is 25.7. The normalized spacial score (nSPS) is 22.5. The Bertz CT molecular complexity index is 1090. The maximum absolute atomic E-state index is 12.8. The third-order valence-corrected chi connectivity index (χ3v) is 12.3. The van der Waals surface area contributed by atoms with Gasteiger partial charge in [0.25, 0.3) is 0 Å². The lowest BCUT2D eigenvalue weighted by atomic mass is 9.85. The average Bonchev–Trinajstić information content (AvgIpc) is 3.23. The number of hydrogen-bond donors (Lipinski definition) is 6. The molecule has 0 amide bonds. The smallest absolute Gasteiger partial charge is 0.457 e. The first-order chi connectivity index (χ1) is 29.0. The van der Waals surface area contributed by atoms with Crippen molar-refractivity contribution >= 4 is 13.8 Å². The summed E-state index contributed by atoms with van der Waals surface area (Å²) < 4.78 is 34.2. The molecule has 0 aliphatic heterocycles. The zero-order valence-electron chi connectivity index (χ0n) is 37.8. The van der Waals surface area contributed by atoms with Gasteiger partial charge in [-0.3, -0.25) is 13.8 Å². The molecule has 1 saturated carbocycles. The molecule has 13 heteroatoms. The van der Waals surface area contributed by atoms with Crippen molar-refractivity contribution in [2.24, 2.45) is 0 Å². The van der Waals surface area contributed by atoms with Crippen LogP contribution in [0.25, 0.3) is 0 Å². The van der Waals surface area contributed by atoms with Gasteiger partial charge >= 0.3 is 13.8 Å². The second-order valence-electron chi connectivity index (χ2n) is 17.0. The van der Waals surface area contributed by atoms with Crippen molar-refractivity contribution < 1.29 is 58.3 Å². The molecule has 0 saturated heterocycles. The molecule has 0 spiro atoms. The fourth-order valence-electron chi connectivity index (χ4n) is 7.45. The van der Waals surface area contributed by atoms with Crippen molar-refractivity contribution in [2.75, 3.05) is 19.8 Å². The summed E-state index contributed by atoms with van der Waals surface area (Å²) in [5.74, 6) is -0.476. The summed E-state index contributed by atoms with van der Waals surface area (Å²) in [5, 5.41) is 50.2. The monoisotopic (exact) mass is 877 g/mol. The Morgan fingerprint density at radius 3 is 1.43 bits per heavy atom. The molecule has 1 rings (SSSR count). The molecule has 0 radical (unpaired) electrons. The predicted octanol–water partition coefficient (Wildman–Crippen LogP) is 10.1. The maximum Gasteiger partial charge on any atom is 0.472 e. The van der Waals surface area contributed by atoms with Crippen LogP contribution in [0.2, 0.25) is 0 Å². The van der Waals surface area contributed by atoms with Crippen molar-refractivity contribution in [3.05, 3.63) is 24.3 Å². The summed E-state index contributed by atoms with van der Waals surface area (Å²) in [6.45, 7) is 4.24. The van der Waals surface area contributed by atoms with Gasteiger partial charge in [0.15, 0.2) is 0 Å². The van der Waals surface area contributed by atoms with Crippen molar-refractivity contribution in [3.8, 4) is 0 Å². The number of carbonyl (C=O) groups excluding carboxylic acids is 1. The quantitative estimate of drug-likeness (QED) is 0.0148. The van der Waals surface area contributed by atoms with Gasteiger partial charge in [0.2, 0.25) is 0 Å². The molecule has 0 aromatic heterocycles. The SMILES string of the molecule is CCCCC/C=C\C/C=C\CCCCCCCCCCCCOCC(COP(=O)(O)OC1C(O)C(O)C(O)C(O)C1O)OC(=O)CCCCCCCCCCCCCCC. The minimum atomic E-state index is -5.01. The number of rotatable bonds is 41. The van der Waals surface area contributed by atoms with Crippen LogP contribution in [0.4, 0.5) is 0 Å². The van der Waals surface area contributed by atoms with Crippen LogP contribution in [0.1, 0.15) is 206 Å². The van der Waals surface area contributed by atoms with E-state index in [2.05, 4.69) is 38.2 Å². The lowest BCUT2D eigenvalue weighted by Gasteiger charge is -2.41. The third-order valence-electron chi connectivity index (χ3n) is 11.3. The van der Waals surface area contributed by atoms with Gasteiger partial charge < -0.3 is 39.9 Å². The van der Waals surface area contributed by atoms with E-state index in [1.807, 2.05) is 0 Å². The maximum atomic E-state index is 12.8. The highest BCUT2D eigenvalue weighted by Gasteiger charge is 2.51. The largest absolute Gasteiger partial charge is 0.472 e. The average molecular weight is 877 g/mol. The van der Waals surface area contributed by atoms with Gasteiger partial charge in [-0.2, -0.15) is 0 Å². The van der Waals surface area contributed by atoms with Crippen LogP contribution in [0.5, 0.6) is 0 Å². The van der Waals surface area contributed by atoms with E-state index in [4.69, 9.17) is 18.5 Å². The molecule has 354 valence electrons. The lowest BCUT2D eigenvalue weighted by molar-refractivity contribution is -0.220. The second kappa shape index (κ2) is 38.3. The summed E-state index contributed by atoms with van der Waals surface area (Å²) in [7, 11) is -5.01. The summed E-state index contributed by atoms with van der Waals surface area (Å²) in [6, 6.07) is 0. The number of ether oxygens (including phenoxy) is 2. The fourth-order valence-corrected chi connectivity index (χ4v) is 8.42. The van der Waals surface area contributed by atoms with Gasteiger partial charge in [-0.1, -0.05) is 179 Å². The number of unbranched alkanes of at least 4 members (excludes halogenated alkanes) is 25. The highest BCUT2D eigenvalue weighted by Crippen LogP contribution is 2.47. The van der Waals surface area contributed by atoms with Crippen LogP contribution in [-0.4, -0.2) is 98.9 Å². The molecule has 6 atom stereocenters. The molecule has 6 N–H and O–H groups in total. The van der Waals surface area contributed by atoms with E-state index >= 15 is 0 Å². The predicted molar refractivity (Wildman–Crippen MR) is 240 cm³/mol. The first kappa shape index (κ1) is 56.8. The van der Waals surface area contributed by atoms with Crippen LogP contribution < -0.4 is 0 Å². The molecule has 0 heterocycles. The minimum Gasteiger partial charge on any atom is -0.457 e. The molecule has 1 fully saturated rings. The second-order valence-corrected chi connectivity index (χ2v) is 18.4. The third kappa shape index (κ3) is 30.0. The summed E-state index contributed by atoms with van der Waals surface area (Å²) in [6.07, 6.45) is 31.0. The van der Waals surface area contributed by atoms with Crippen LogP contribution >= 0.6 is 7.82 Å². The number of hydrogen-bond acceptors (Lipinski definition) is 11. The van der Waals surface area contributed by atoms with Crippen LogP contribution in [0.3, 0.4) is 0 Å². The van der Waals surface area contributed by atoms with E-state index in [1.165, 1.54) is 135 Å². The van der Waals surface area contributed by atoms with E-state index < -0.39 is 63.1 Å². The molecule has 0 aromatic carbocycles. The Labute approximate surface area is 364 Å². The lowest BCUT2D eigenvalue weighted by Crippen LogP contribution is -2.64. The van der Waals surface area contributed by atoms with Crippen molar-refractivity contribution in [3.63, 3.8) is 0 Å². The summed E-state index contributed by atoms with van der Waals surface area (Å²) >= 11 is 0. The van der Waals surface area contributed by atoms with E-state index in [-0.39, 0.29) is 13.0 Å². The number of allylic oxidation sites excluding steroid dienone is 4. The summed E-state index contributed by atoms with van der Waals surface area (Å²) in [4.78, 5) is 23.2. The Morgan fingerprint density at radius 2 is 0.933 bits per heavy atom. The van der Waals surface area contributed by atoms with Gasteiger partial charge in [-0.25, -0.2) is 4.57 Å². The molecule has 12 nitrogen and oxygen atoms in total. The van der Waals surface area contributed by atoms with Crippen molar-refractivity contribution in [2.45, 2.75) is 249 Å². The molecule has 0 aromatic rings. The minimum absolute atomic E-state index is 0.0748. The van der Waals surface area contributed by atoms with Gasteiger partial charge in [-0.05, 0) is 44.9 Å². The molecule has 6 unspecified atom stereocenters. The molecular formula is C47H89O12P. The number of aliphatic hydroxyl groups is 5. The fraction of sp³-hybridized carbons (Fsp3) is 0.894. The molecule has 1 aliphatic rings. The Hall–Kier alpha value is -1.18. The van der Waals surface area contributed by atoms with E-state index in [1.54, 1.807) is 0 Å². The summed E-state index contributed by atoms with van der Waals surface area (Å²) in [5.41, 5.74) is 0. The van der Waals surface area contributed by atoms with Crippen molar-refractivity contribution in [1.82, 2.24) is 0 Å². The van der Waals surface area contributed by atoms with Crippen LogP contribution in [0, 0.1) is 0 Å². The van der Waals surface area contributed by atoms with E-state index in [9.17, 15) is 39.8 Å². The molecule has 0 bridgehead atoms. The number of phosphoric acid groups is 1. The Morgan fingerprint density at radius 1 is 0.533 bits per heavy atom. The molecular weight excluding hydrogens is 787 g/mol. The highest BCUT2D eigenvalue weighted by molar-refractivity contribution is 7.47. The standard InChI is InChI=1S/C47H89O12P/c1-3-5-7-9-11-13-15-17-18-19-20-21-22-23-25-27-29-31-33-35-37-56-38-40(39-57-60(54,55)59-47-45(52)43(50)42(49)44(51)46(47)53)58-41(48)36-34-32-30-28-26-24-16-14-12-10-8-6-4-2/h11,13,17-18,40,42-47,49-53H,3-10,12,14-16,19-39H2,1-2H3,(H,54,55)/b13-11-,18-17-. The van der Waals surface area contributed by atoms with Gasteiger partial charge in [0, 0.05) is 13.0 Å². The van der Waals surface area contributed by atoms with Crippen LogP contribution in [0.15, 0.2) is 24.3 Å². The zero-order chi connectivity index (χ0) is 44.1. The zero-order valence-corrected chi connectivity index (χ0v) is 38.7. The molecule has 60 heavy (non-hydrogen) atoms. The molecule has 1 aliphatic carbocycles. The number of phosphoric ester groups is 1. The van der Waals surface area contributed by atoms with E-state index in [0.717, 1.165) is 44.9 Å². The van der Waals surface area contributed by atoms with Gasteiger partial charge in [0.1, 0.15) is 42.7 Å². The first-order valence-electron chi connectivity index (χ1n) is 24.2. The highest BCUT2D eigenvalue weighted by atomic mass is 31.2. The van der Waals surface area contributed by atoms with E-state index in [0.29, 0.717) is 13.0 Å². The Kier molecular flexibility index (Phi) is 36.3. The number of carbonyl (C=O) groups is 1. The topological polar surface area (TPSA) is 192 Å². The number of aliphatic hydroxyl groups excluding tert-OH is 5. The Balaban J connectivity index is 2.35.